The van der Waals surface area contributed by atoms with Gasteiger partial charge in [0.05, 0.1) is 18.5 Å². The molecule has 132 valence electrons. The van der Waals surface area contributed by atoms with Gasteiger partial charge in [-0.2, -0.15) is 0 Å². The molecule has 2 heterocycles. The highest BCUT2D eigenvalue weighted by atomic mass is 79.9. The van der Waals surface area contributed by atoms with Gasteiger partial charge < -0.3 is 15.2 Å². The average molecular weight is 414 g/mol. The van der Waals surface area contributed by atoms with Crippen molar-refractivity contribution in [3.8, 4) is 17.2 Å². The number of imidazole rings is 1. The summed E-state index contributed by atoms with van der Waals surface area (Å²) in [6.07, 6.45) is 1.97. The third-order valence-electron chi connectivity index (χ3n) is 4.49. The monoisotopic (exact) mass is 413 g/mol. The Kier molecular flexibility index (Phi) is 4.16. The lowest BCUT2D eigenvalue weighted by Crippen LogP contribution is -2.25. The summed E-state index contributed by atoms with van der Waals surface area (Å²) in [5.41, 5.74) is 2.47. The van der Waals surface area contributed by atoms with Crippen LogP contribution in [-0.4, -0.2) is 27.7 Å². The second-order valence-electron chi connectivity index (χ2n) is 6.04. The summed E-state index contributed by atoms with van der Waals surface area (Å²) in [5.74, 6) is 0.759. The van der Waals surface area contributed by atoms with Crippen molar-refractivity contribution < 1.29 is 14.6 Å². The number of amides is 1. The van der Waals surface area contributed by atoms with Crippen LogP contribution in [0, 0.1) is 0 Å². The normalized spacial score (nSPS) is 16.1. The topological polar surface area (TPSA) is 76.4 Å². The van der Waals surface area contributed by atoms with Crippen molar-refractivity contribution in [3.63, 3.8) is 0 Å². The molecular weight excluding hydrogens is 398 g/mol. The Bertz CT molecular complexity index is 999. The number of hydrogen-bond acceptors (Lipinski definition) is 4. The highest BCUT2D eigenvalue weighted by Gasteiger charge is 2.31. The molecule has 4 rings (SSSR count). The molecule has 1 aliphatic heterocycles. The summed E-state index contributed by atoms with van der Waals surface area (Å²) in [6, 6.07) is 12.9. The van der Waals surface area contributed by atoms with Gasteiger partial charge >= 0.3 is 0 Å². The number of phenolic OH excluding ortho intramolecular Hbond substituents is 1. The smallest absolute Gasteiger partial charge is 0.226 e. The van der Waals surface area contributed by atoms with Crippen LogP contribution < -0.4 is 10.1 Å². The third-order valence-corrected chi connectivity index (χ3v) is 5.16. The maximum atomic E-state index is 12.3. The molecule has 1 aromatic heterocycles. The molecule has 0 aliphatic carbocycles. The van der Waals surface area contributed by atoms with Gasteiger partial charge in [0.25, 0.3) is 0 Å². The fraction of sp³-hybridized carbons (Fsp3) is 0.158. The molecule has 1 aliphatic rings. The fourth-order valence-electron chi connectivity index (χ4n) is 3.24. The molecule has 0 saturated heterocycles. The SMILES string of the molecule is COc1ccc(C2CC(=O)Nc3c2ncn3-c2ccccc2Br)cc1O. The minimum absolute atomic E-state index is 0.0442. The number of para-hydroxylation sites is 1. The summed E-state index contributed by atoms with van der Waals surface area (Å²) < 4.78 is 7.85. The minimum atomic E-state index is -0.237. The van der Waals surface area contributed by atoms with Crippen LogP contribution in [0.3, 0.4) is 0 Å². The molecule has 0 saturated carbocycles. The average Bonchev–Trinajstić information content (AvgIpc) is 3.05. The third kappa shape index (κ3) is 2.74. The van der Waals surface area contributed by atoms with Crippen molar-refractivity contribution in [2.24, 2.45) is 0 Å². The largest absolute Gasteiger partial charge is 0.504 e. The van der Waals surface area contributed by atoms with Gasteiger partial charge in [-0.3, -0.25) is 9.36 Å². The molecule has 0 bridgehead atoms. The summed E-state index contributed by atoms with van der Waals surface area (Å²) in [4.78, 5) is 16.9. The summed E-state index contributed by atoms with van der Waals surface area (Å²) in [5, 5.41) is 13.0. The predicted octanol–water partition coefficient (Wildman–Crippen LogP) is 3.82. The number of benzene rings is 2. The van der Waals surface area contributed by atoms with E-state index in [0.29, 0.717) is 11.6 Å². The second-order valence-corrected chi connectivity index (χ2v) is 6.89. The zero-order valence-corrected chi connectivity index (χ0v) is 15.5. The van der Waals surface area contributed by atoms with E-state index in [1.165, 1.54) is 7.11 Å². The molecule has 1 amide bonds. The number of halogens is 1. The molecule has 2 N–H and O–H groups in total. The summed E-state index contributed by atoms with van der Waals surface area (Å²) in [7, 11) is 1.50. The number of aromatic hydroxyl groups is 1. The maximum absolute atomic E-state index is 12.3. The standard InChI is InChI=1S/C19H16BrN3O3/c1-26-16-7-6-11(8-15(16)24)12-9-17(25)22-19-18(12)21-10-23(19)14-5-3-2-4-13(14)20/h2-8,10,12,24H,9H2,1H3,(H,22,25). The number of aromatic nitrogens is 2. The molecule has 0 fully saturated rings. The number of carbonyl (C=O) groups excluding carboxylic acids is 1. The minimum Gasteiger partial charge on any atom is -0.504 e. The number of fused-ring (bicyclic) bond motifs is 1. The second kappa shape index (κ2) is 6.49. The molecule has 3 aromatic rings. The van der Waals surface area contributed by atoms with E-state index in [9.17, 15) is 9.90 Å². The van der Waals surface area contributed by atoms with E-state index in [4.69, 9.17) is 4.74 Å². The van der Waals surface area contributed by atoms with E-state index in [1.807, 2.05) is 34.9 Å². The Hall–Kier alpha value is -2.80. The Morgan fingerprint density at radius 1 is 1.31 bits per heavy atom. The lowest BCUT2D eigenvalue weighted by atomic mass is 9.89. The van der Waals surface area contributed by atoms with Crippen LogP contribution in [0.15, 0.2) is 53.3 Å². The molecule has 0 spiro atoms. The zero-order chi connectivity index (χ0) is 18.3. The van der Waals surface area contributed by atoms with Crippen molar-refractivity contribution in [2.45, 2.75) is 12.3 Å². The number of nitrogens with zero attached hydrogens (tertiary/aromatic N) is 2. The Morgan fingerprint density at radius 3 is 2.85 bits per heavy atom. The van der Waals surface area contributed by atoms with Crippen LogP contribution in [0.1, 0.15) is 23.6 Å². The van der Waals surface area contributed by atoms with Crippen LogP contribution in [0.5, 0.6) is 11.5 Å². The molecule has 6 nitrogen and oxygen atoms in total. The molecule has 0 radical (unpaired) electrons. The van der Waals surface area contributed by atoms with Gasteiger partial charge in [0.15, 0.2) is 11.5 Å². The van der Waals surface area contributed by atoms with Crippen molar-refractivity contribution in [3.05, 3.63) is 64.5 Å². The molecule has 1 unspecified atom stereocenters. The molecule has 26 heavy (non-hydrogen) atoms. The van der Waals surface area contributed by atoms with Crippen LogP contribution in [-0.2, 0) is 4.79 Å². The fourth-order valence-corrected chi connectivity index (χ4v) is 3.71. The maximum Gasteiger partial charge on any atom is 0.226 e. The highest BCUT2D eigenvalue weighted by Crippen LogP contribution is 2.40. The van der Waals surface area contributed by atoms with E-state index >= 15 is 0 Å². The highest BCUT2D eigenvalue weighted by molar-refractivity contribution is 9.10. The van der Waals surface area contributed by atoms with Crippen LogP contribution >= 0.6 is 15.9 Å². The number of anilines is 1. The first-order chi connectivity index (χ1) is 12.6. The zero-order valence-electron chi connectivity index (χ0n) is 13.9. The Labute approximate surface area is 158 Å². The van der Waals surface area contributed by atoms with Crippen molar-refractivity contribution in [1.82, 2.24) is 9.55 Å². The number of nitrogens with one attached hydrogen (secondary N) is 1. The summed E-state index contributed by atoms with van der Waals surface area (Å²) >= 11 is 3.54. The lowest BCUT2D eigenvalue weighted by Gasteiger charge is -2.24. The number of rotatable bonds is 3. The number of ether oxygens (including phenoxy) is 1. The van der Waals surface area contributed by atoms with Gasteiger partial charge in [-0.05, 0) is 45.8 Å². The number of carbonyl (C=O) groups is 1. The van der Waals surface area contributed by atoms with E-state index in [0.717, 1.165) is 21.4 Å². The first kappa shape index (κ1) is 16.7. The molecule has 1 atom stereocenters. The van der Waals surface area contributed by atoms with E-state index < -0.39 is 0 Å². The van der Waals surface area contributed by atoms with Gasteiger partial charge in [0.1, 0.15) is 12.1 Å². The van der Waals surface area contributed by atoms with E-state index in [1.54, 1.807) is 18.5 Å². The van der Waals surface area contributed by atoms with Crippen LogP contribution in [0.2, 0.25) is 0 Å². The summed E-state index contributed by atoms with van der Waals surface area (Å²) in [6.45, 7) is 0. The number of phenols is 1. The van der Waals surface area contributed by atoms with Gasteiger partial charge in [0.2, 0.25) is 5.91 Å². The van der Waals surface area contributed by atoms with Gasteiger partial charge in [-0.1, -0.05) is 18.2 Å². The molecular formula is C19H16BrN3O3. The Balaban J connectivity index is 1.81. The predicted molar refractivity (Wildman–Crippen MR) is 101 cm³/mol. The van der Waals surface area contributed by atoms with Crippen LogP contribution in [0.4, 0.5) is 5.82 Å². The van der Waals surface area contributed by atoms with E-state index in [-0.39, 0.29) is 24.0 Å². The van der Waals surface area contributed by atoms with E-state index in [2.05, 4.69) is 26.2 Å². The van der Waals surface area contributed by atoms with Gasteiger partial charge in [-0.25, -0.2) is 4.98 Å². The molecule has 7 heteroatoms. The lowest BCUT2D eigenvalue weighted by molar-refractivity contribution is -0.116. The first-order valence-electron chi connectivity index (χ1n) is 8.07. The van der Waals surface area contributed by atoms with Crippen LogP contribution in [0.25, 0.3) is 5.69 Å². The Morgan fingerprint density at radius 2 is 2.12 bits per heavy atom. The first-order valence-corrected chi connectivity index (χ1v) is 8.86. The van der Waals surface area contributed by atoms with Gasteiger partial charge in [0, 0.05) is 16.8 Å². The number of hydrogen-bond donors (Lipinski definition) is 2. The van der Waals surface area contributed by atoms with Crippen molar-refractivity contribution >= 4 is 27.7 Å². The quantitative estimate of drug-likeness (QED) is 0.683. The number of methoxy groups -OCH3 is 1. The molecule has 2 aromatic carbocycles. The van der Waals surface area contributed by atoms with Crippen molar-refractivity contribution in [2.75, 3.05) is 12.4 Å². The van der Waals surface area contributed by atoms with Crippen molar-refractivity contribution in [1.29, 1.82) is 0 Å². The van der Waals surface area contributed by atoms with Gasteiger partial charge in [-0.15, -0.1) is 0 Å².